The molecule has 1 N–H and O–H groups in total. The number of ether oxygens (including phenoxy) is 2. The van der Waals surface area contributed by atoms with Crippen molar-refractivity contribution in [1.29, 1.82) is 0 Å². The van der Waals surface area contributed by atoms with Crippen molar-refractivity contribution in [3.63, 3.8) is 0 Å². The van der Waals surface area contributed by atoms with Gasteiger partial charge in [0.25, 0.3) is 0 Å². The third kappa shape index (κ3) is 4.06. The van der Waals surface area contributed by atoms with Crippen molar-refractivity contribution in [2.45, 2.75) is 10.3 Å². The van der Waals surface area contributed by atoms with Gasteiger partial charge in [0.15, 0.2) is 5.82 Å². The number of aromatic nitrogens is 2. The second-order valence-corrected chi connectivity index (χ2v) is 7.73. The minimum atomic E-state index is -1.74. The molecule has 0 spiro atoms. The van der Waals surface area contributed by atoms with Crippen molar-refractivity contribution in [3.05, 3.63) is 53.9 Å². The number of rotatable bonds is 5. The highest BCUT2D eigenvalue weighted by Gasteiger charge is 2.28. The Morgan fingerprint density at radius 1 is 0.962 bits per heavy atom. The summed E-state index contributed by atoms with van der Waals surface area (Å²) in [5.41, 5.74) is 1.62. The number of nitrogens with one attached hydrogen (secondary N) is 1. The average molecular weight is 413 g/mol. The number of alkyl halides is 3. The van der Waals surface area contributed by atoms with Crippen LogP contribution in [0.1, 0.15) is 11.4 Å². The first-order valence-electron chi connectivity index (χ1n) is 7.71. The number of hydrogen-bond acceptors (Lipinski definition) is 5. The van der Waals surface area contributed by atoms with Crippen molar-refractivity contribution < 1.29 is 9.47 Å². The lowest BCUT2D eigenvalue weighted by atomic mass is 10.2. The van der Waals surface area contributed by atoms with Crippen LogP contribution >= 0.6 is 34.8 Å². The number of methoxy groups -OCH3 is 2. The van der Waals surface area contributed by atoms with Crippen LogP contribution in [0.15, 0.2) is 42.5 Å². The third-order valence-electron chi connectivity index (χ3n) is 3.78. The molecular weight excluding hydrogens is 397 g/mol. The maximum Gasteiger partial charge on any atom is 0.250 e. The zero-order valence-corrected chi connectivity index (χ0v) is 16.4. The van der Waals surface area contributed by atoms with E-state index in [0.717, 1.165) is 16.7 Å². The van der Waals surface area contributed by atoms with Crippen molar-refractivity contribution >= 4 is 51.5 Å². The number of hydrogen-bond donors (Lipinski definition) is 1. The van der Waals surface area contributed by atoms with E-state index in [1.807, 2.05) is 36.4 Å². The van der Waals surface area contributed by atoms with Gasteiger partial charge < -0.3 is 14.8 Å². The normalized spacial score (nSPS) is 11.4. The van der Waals surface area contributed by atoms with Gasteiger partial charge in [-0.1, -0.05) is 53.0 Å². The monoisotopic (exact) mass is 411 g/mol. The Hall–Kier alpha value is -1.95. The highest BCUT2D eigenvalue weighted by molar-refractivity contribution is 6.66. The van der Waals surface area contributed by atoms with Crippen LogP contribution in [0, 0.1) is 0 Å². The van der Waals surface area contributed by atoms with Crippen LogP contribution in [-0.2, 0) is 10.3 Å². The van der Waals surface area contributed by atoms with Crippen LogP contribution in [0.4, 0.5) is 5.82 Å². The summed E-state index contributed by atoms with van der Waals surface area (Å²) in [7, 11) is 3.20. The van der Waals surface area contributed by atoms with E-state index in [0.29, 0.717) is 23.6 Å². The van der Waals surface area contributed by atoms with E-state index in [2.05, 4.69) is 15.3 Å². The van der Waals surface area contributed by atoms with Crippen LogP contribution in [-0.4, -0.2) is 24.2 Å². The van der Waals surface area contributed by atoms with E-state index < -0.39 is 3.79 Å². The number of anilines is 1. The van der Waals surface area contributed by atoms with Crippen molar-refractivity contribution in [2.24, 2.45) is 0 Å². The van der Waals surface area contributed by atoms with Gasteiger partial charge in [0, 0.05) is 11.9 Å². The Morgan fingerprint density at radius 3 is 2.31 bits per heavy atom. The number of fused-ring (bicyclic) bond motifs is 1. The van der Waals surface area contributed by atoms with Crippen LogP contribution < -0.4 is 14.8 Å². The molecule has 0 atom stereocenters. The summed E-state index contributed by atoms with van der Waals surface area (Å²) >= 11 is 18.0. The Balaban J connectivity index is 1.99. The average Bonchev–Trinajstić information content (AvgIpc) is 2.65. The lowest BCUT2D eigenvalue weighted by Crippen LogP contribution is -2.11. The Morgan fingerprint density at radius 2 is 1.69 bits per heavy atom. The molecule has 0 amide bonds. The summed E-state index contributed by atoms with van der Waals surface area (Å²) in [5, 5.41) is 4.06. The predicted molar refractivity (Wildman–Crippen MR) is 106 cm³/mol. The second kappa shape index (κ2) is 7.74. The topological polar surface area (TPSA) is 56.3 Å². The molecule has 3 rings (SSSR count). The number of nitrogens with zero attached hydrogens (tertiary/aromatic N) is 2. The molecule has 0 aliphatic heterocycles. The molecule has 0 saturated carbocycles. The van der Waals surface area contributed by atoms with Gasteiger partial charge in [-0.3, -0.25) is 0 Å². The molecule has 5 nitrogen and oxygen atoms in total. The zero-order valence-electron chi connectivity index (χ0n) is 14.1. The SMILES string of the molecule is COc1ccc(CNc2nc(C(Cl)(Cl)Cl)nc3c(OC)cccc23)cc1. The molecule has 0 aliphatic carbocycles. The van der Waals surface area contributed by atoms with E-state index in [1.54, 1.807) is 20.3 Å². The molecule has 0 saturated heterocycles. The number of para-hydroxylation sites is 1. The fourth-order valence-corrected chi connectivity index (χ4v) is 2.73. The molecule has 0 aliphatic rings. The molecule has 0 fully saturated rings. The second-order valence-electron chi connectivity index (χ2n) is 5.45. The highest BCUT2D eigenvalue weighted by atomic mass is 35.6. The molecular formula is C18H16Cl3N3O2. The van der Waals surface area contributed by atoms with Gasteiger partial charge in [0.05, 0.1) is 14.2 Å². The van der Waals surface area contributed by atoms with Crippen molar-refractivity contribution in [3.8, 4) is 11.5 Å². The Labute approximate surface area is 166 Å². The number of benzene rings is 2. The van der Waals surface area contributed by atoms with Gasteiger partial charge in [-0.2, -0.15) is 0 Å². The van der Waals surface area contributed by atoms with Crippen molar-refractivity contribution in [2.75, 3.05) is 19.5 Å². The van der Waals surface area contributed by atoms with Crippen molar-refractivity contribution in [1.82, 2.24) is 9.97 Å². The maximum absolute atomic E-state index is 6.00. The number of halogens is 3. The third-order valence-corrected chi connectivity index (χ3v) is 4.29. The molecule has 1 heterocycles. The van der Waals surface area contributed by atoms with E-state index in [9.17, 15) is 0 Å². The van der Waals surface area contributed by atoms with Gasteiger partial charge in [0.1, 0.15) is 22.8 Å². The van der Waals surface area contributed by atoms with E-state index in [1.165, 1.54) is 0 Å². The minimum absolute atomic E-state index is 0.0803. The van der Waals surface area contributed by atoms with Crippen LogP contribution in [0.25, 0.3) is 10.9 Å². The molecule has 0 bridgehead atoms. The summed E-state index contributed by atoms with van der Waals surface area (Å²) in [6, 6.07) is 13.3. The maximum atomic E-state index is 6.00. The van der Waals surface area contributed by atoms with Gasteiger partial charge in [-0.15, -0.1) is 0 Å². The van der Waals surface area contributed by atoms with Gasteiger partial charge >= 0.3 is 0 Å². The standard InChI is InChI=1S/C18H16Cl3N3O2/c1-25-12-8-6-11(7-9-12)10-22-16-13-4-3-5-14(26-2)15(13)23-17(24-16)18(19,20)21/h3-9H,10H2,1-2H3,(H,22,23,24). The summed E-state index contributed by atoms with van der Waals surface area (Å²) < 4.78 is 8.80. The van der Waals surface area contributed by atoms with Crippen LogP contribution in [0.3, 0.4) is 0 Å². The molecule has 3 aromatic rings. The smallest absolute Gasteiger partial charge is 0.250 e. The van der Waals surface area contributed by atoms with E-state index in [4.69, 9.17) is 44.3 Å². The van der Waals surface area contributed by atoms with E-state index in [-0.39, 0.29) is 5.82 Å². The summed E-state index contributed by atoms with van der Waals surface area (Å²) in [6.07, 6.45) is 0. The lowest BCUT2D eigenvalue weighted by molar-refractivity contribution is 0.414. The first-order valence-corrected chi connectivity index (χ1v) is 8.84. The van der Waals surface area contributed by atoms with Crippen LogP contribution in [0.5, 0.6) is 11.5 Å². The quantitative estimate of drug-likeness (QED) is 0.592. The molecule has 0 unspecified atom stereocenters. The fraction of sp³-hybridized carbons (Fsp3) is 0.222. The largest absolute Gasteiger partial charge is 0.497 e. The fourth-order valence-electron chi connectivity index (χ4n) is 2.48. The summed E-state index contributed by atoms with van der Waals surface area (Å²) in [5.74, 6) is 2.01. The zero-order chi connectivity index (χ0) is 18.7. The van der Waals surface area contributed by atoms with Gasteiger partial charge in [0.2, 0.25) is 3.79 Å². The van der Waals surface area contributed by atoms with Gasteiger partial charge in [-0.05, 0) is 29.8 Å². The Bertz CT molecular complexity index is 912. The highest BCUT2D eigenvalue weighted by Crippen LogP contribution is 2.39. The molecule has 1 aromatic heterocycles. The molecule has 136 valence electrons. The minimum Gasteiger partial charge on any atom is -0.497 e. The molecule has 0 radical (unpaired) electrons. The van der Waals surface area contributed by atoms with Gasteiger partial charge in [-0.25, -0.2) is 9.97 Å². The van der Waals surface area contributed by atoms with E-state index >= 15 is 0 Å². The molecule has 8 heteroatoms. The molecule has 2 aromatic carbocycles. The summed E-state index contributed by atoms with van der Waals surface area (Å²) in [4.78, 5) is 8.77. The first kappa shape index (κ1) is 18.8. The molecule has 26 heavy (non-hydrogen) atoms. The first-order chi connectivity index (χ1) is 12.4. The predicted octanol–water partition coefficient (Wildman–Crippen LogP) is 5.09. The summed E-state index contributed by atoms with van der Waals surface area (Å²) in [6.45, 7) is 0.534. The Kier molecular flexibility index (Phi) is 5.61. The van der Waals surface area contributed by atoms with Crippen LogP contribution in [0.2, 0.25) is 0 Å². The lowest BCUT2D eigenvalue weighted by Gasteiger charge is -2.16.